The first-order chi connectivity index (χ1) is 16.5. The van der Waals surface area contributed by atoms with Crippen LogP contribution in [0.1, 0.15) is 10.4 Å². The molecule has 2 aromatic heterocycles. The van der Waals surface area contributed by atoms with E-state index in [9.17, 15) is 14.9 Å². The number of nitro groups is 1. The Labute approximate surface area is 204 Å². The standard InChI is InChI=1S/C25H20BrN5O3/c26-18-1-6-23-21(15-18)22(16-24(28-23)17-7-9-27-10-8-17)25(32)30-13-11-29(12-14-30)19-2-4-20(5-3-19)31(33)34/h1-10,15-16H,11-14H2. The van der Waals surface area contributed by atoms with Gasteiger partial charge in [0.25, 0.3) is 11.6 Å². The van der Waals surface area contributed by atoms with Crippen molar-refractivity contribution in [3.63, 3.8) is 0 Å². The van der Waals surface area contributed by atoms with E-state index < -0.39 is 4.92 Å². The first-order valence-corrected chi connectivity index (χ1v) is 11.6. The molecule has 9 heteroatoms. The molecule has 0 spiro atoms. The Hall–Kier alpha value is -3.85. The van der Waals surface area contributed by atoms with Crippen molar-refractivity contribution < 1.29 is 9.72 Å². The van der Waals surface area contributed by atoms with Gasteiger partial charge in [0, 0.05) is 71.8 Å². The first kappa shape index (κ1) is 22.0. The van der Waals surface area contributed by atoms with Crippen LogP contribution in [0.3, 0.4) is 0 Å². The highest BCUT2D eigenvalue weighted by Gasteiger charge is 2.25. The number of non-ortho nitro benzene ring substituents is 1. The van der Waals surface area contributed by atoms with Gasteiger partial charge in [-0.05, 0) is 48.5 Å². The van der Waals surface area contributed by atoms with Gasteiger partial charge >= 0.3 is 0 Å². The van der Waals surface area contributed by atoms with Gasteiger partial charge in [-0.25, -0.2) is 4.98 Å². The predicted molar refractivity (Wildman–Crippen MR) is 134 cm³/mol. The summed E-state index contributed by atoms with van der Waals surface area (Å²) in [6.07, 6.45) is 3.42. The fourth-order valence-corrected chi connectivity index (χ4v) is 4.53. The van der Waals surface area contributed by atoms with Crippen LogP contribution < -0.4 is 4.90 Å². The van der Waals surface area contributed by atoms with Crippen LogP contribution in [0.2, 0.25) is 0 Å². The number of carbonyl (C=O) groups is 1. The highest BCUT2D eigenvalue weighted by molar-refractivity contribution is 9.10. The minimum absolute atomic E-state index is 0.0378. The number of halogens is 1. The maximum Gasteiger partial charge on any atom is 0.269 e. The second-order valence-corrected chi connectivity index (χ2v) is 8.92. The molecule has 3 heterocycles. The third-order valence-electron chi connectivity index (χ3n) is 5.97. The third-order valence-corrected chi connectivity index (χ3v) is 6.46. The maximum absolute atomic E-state index is 13.6. The van der Waals surface area contributed by atoms with Crippen LogP contribution in [-0.4, -0.2) is 51.9 Å². The lowest BCUT2D eigenvalue weighted by molar-refractivity contribution is -0.384. The van der Waals surface area contributed by atoms with Crippen LogP contribution in [0, 0.1) is 10.1 Å². The fraction of sp³-hybridized carbons (Fsp3) is 0.160. The van der Waals surface area contributed by atoms with Gasteiger partial charge in [-0.15, -0.1) is 0 Å². The van der Waals surface area contributed by atoms with Crippen LogP contribution in [0.4, 0.5) is 11.4 Å². The molecule has 5 rings (SSSR count). The van der Waals surface area contributed by atoms with Crippen molar-refractivity contribution in [1.29, 1.82) is 0 Å². The van der Waals surface area contributed by atoms with Gasteiger partial charge in [-0.2, -0.15) is 0 Å². The topological polar surface area (TPSA) is 92.5 Å². The molecule has 8 nitrogen and oxygen atoms in total. The molecule has 0 atom stereocenters. The van der Waals surface area contributed by atoms with Crippen molar-refractivity contribution in [3.05, 3.63) is 93.2 Å². The molecule has 0 N–H and O–H groups in total. The monoisotopic (exact) mass is 517 g/mol. The number of pyridine rings is 2. The summed E-state index contributed by atoms with van der Waals surface area (Å²) in [5.41, 5.74) is 3.98. The molecule has 0 aliphatic carbocycles. The van der Waals surface area contributed by atoms with E-state index >= 15 is 0 Å². The van der Waals surface area contributed by atoms with Crippen molar-refractivity contribution in [2.45, 2.75) is 0 Å². The molecule has 170 valence electrons. The Balaban J connectivity index is 1.41. The summed E-state index contributed by atoms with van der Waals surface area (Å²) >= 11 is 3.51. The molecule has 4 aromatic rings. The third kappa shape index (κ3) is 4.34. The summed E-state index contributed by atoms with van der Waals surface area (Å²) in [4.78, 5) is 37.0. The quantitative estimate of drug-likeness (QED) is 0.281. The van der Waals surface area contributed by atoms with Crippen molar-refractivity contribution >= 4 is 44.1 Å². The number of hydrogen-bond acceptors (Lipinski definition) is 6. The molecule has 0 bridgehead atoms. The van der Waals surface area contributed by atoms with Crippen LogP contribution in [0.15, 0.2) is 77.5 Å². The molecule has 1 aliphatic rings. The van der Waals surface area contributed by atoms with Gasteiger partial charge in [-0.1, -0.05) is 15.9 Å². The zero-order chi connectivity index (χ0) is 23.7. The zero-order valence-corrected chi connectivity index (χ0v) is 19.7. The zero-order valence-electron chi connectivity index (χ0n) is 18.1. The van der Waals surface area contributed by atoms with Crippen LogP contribution in [0.5, 0.6) is 0 Å². The highest BCUT2D eigenvalue weighted by atomic mass is 79.9. The minimum Gasteiger partial charge on any atom is -0.368 e. The molecular formula is C25H20BrN5O3. The molecule has 1 aliphatic heterocycles. The van der Waals surface area contributed by atoms with Crippen molar-refractivity contribution in [2.75, 3.05) is 31.1 Å². The molecule has 1 amide bonds. The number of amides is 1. The molecule has 1 fully saturated rings. The lowest BCUT2D eigenvalue weighted by Gasteiger charge is -2.36. The van der Waals surface area contributed by atoms with E-state index in [0.717, 1.165) is 32.3 Å². The average molecular weight is 518 g/mol. The number of hydrogen-bond donors (Lipinski definition) is 0. The van der Waals surface area contributed by atoms with Crippen molar-refractivity contribution in [1.82, 2.24) is 14.9 Å². The van der Waals surface area contributed by atoms with Gasteiger partial charge in [0.2, 0.25) is 0 Å². The van der Waals surface area contributed by atoms with E-state index in [2.05, 4.69) is 25.8 Å². The Morgan fingerprint density at radius 1 is 0.941 bits per heavy atom. The molecule has 0 radical (unpaired) electrons. The van der Waals surface area contributed by atoms with E-state index in [1.165, 1.54) is 12.1 Å². The molecule has 1 saturated heterocycles. The molecular weight excluding hydrogens is 498 g/mol. The van der Waals surface area contributed by atoms with E-state index in [4.69, 9.17) is 4.98 Å². The lowest BCUT2D eigenvalue weighted by Crippen LogP contribution is -2.48. The molecule has 0 unspecified atom stereocenters. The largest absolute Gasteiger partial charge is 0.368 e. The minimum atomic E-state index is -0.405. The second-order valence-electron chi connectivity index (χ2n) is 8.01. The molecule has 34 heavy (non-hydrogen) atoms. The Kier molecular flexibility index (Phi) is 5.93. The number of nitro benzene ring substituents is 1. The van der Waals surface area contributed by atoms with Gasteiger partial charge < -0.3 is 9.80 Å². The van der Waals surface area contributed by atoms with Crippen molar-refractivity contribution in [2.24, 2.45) is 0 Å². The SMILES string of the molecule is O=C(c1cc(-c2ccncc2)nc2ccc(Br)cc12)N1CCN(c2ccc([N+](=O)[O-])cc2)CC1. The van der Waals surface area contributed by atoms with E-state index in [-0.39, 0.29) is 11.6 Å². The fourth-order valence-electron chi connectivity index (χ4n) is 4.17. The number of carbonyl (C=O) groups excluding carboxylic acids is 1. The summed E-state index contributed by atoms with van der Waals surface area (Å²) < 4.78 is 0.885. The average Bonchev–Trinajstić information content (AvgIpc) is 2.88. The first-order valence-electron chi connectivity index (χ1n) is 10.8. The van der Waals surface area contributed by atoms with E-state index in [1.54, 1.807) is 24.5 Å². The number of anilines is 1. The Morgan fingerprint density at radius 2 is 1.65 bits per heavy atom. The van der Waals surface area contributed by atoms with Gasteiger partial charge in [-0.3, -0.25) is 19.9 Å². The van der Waals surface area contributed by atoms with Crippen LogP contribution in [-0.2, 0) is 0 Å². The van der Waals surface area contributed by atoms with E-state index in [0.29, 0.717) is 31.7 Å². The summed E-state index contributed by atoms with van der Waals surface area (Å²) in [6.45, 7) is 2.40. The van der Waals surface area contributed by atoms with Gasteiger partial charge in [0.05, 0.1) is 21.7 Å². The molecule has 2 aromatic carbocycles. The Bertz CT molecular complexity index is 1370. The smallest absolute Gasteiger partial charge is 0.269 e. The normalized spacial score (nSPS) is 13.8. The maximum atomic E-state index is 13.6. The number of benzene rings is 2. The number of piperazine rings is 1. The number of rotatable bonds is 4. The summed E-state index contributed by atoms with van der Waals surface area (Å²) in [7, 11) is 0. The summed E-state index contributed by atoms with van der Waals surface area (Å²) in [5.74, 6) is -0.0378. The summed E-state index contributed by atoms with van der Waals surface area (Å²) in [5, 5.41) is 11.7. The van der Waals surface area contributed by atoms with Crippen LogP contribution in [0.25, 0.3) is 22.2 Å². The number of aromatic nitrogens is 2. The van der Waals surface area contributed by atoms with Gasteiger partial charge in [0.1, 0.15) is 0 Å². The molecule has 0 saturated carbocycles. The van der Waals surface area contributed by atoms with Crippen LogP contribution >= 0.6 is 15.9 Å². The lowest BCUT2D eigenvalue weighted by atomic mass is 10.0. The number of fused-ring (bicyclic) bond motifs is 1. The Morgan fingerprint density at radius 3 is 2.32 bits per heavy atom. The predicted octanol–water partition coefficient (Wildman–Crippen LogP) is 4.93. The summed E-state index contributed by atoms with van der Waals surface area (Å²) in [6, 6.07) is 17.9. The number of nitrogens with zero attached hydrogens (tertiary/aromatic N) is 5. The van der Waals surface area contributed by atoms with Crippen molar-refractivity contribution in [3.8, 4) is 11.3 Å². The highest BCUT2D eigenvalue weighted by Crippen LogP contribution is 2.29. The van der Waals surface area contributed by atoms with E-state index in [1.807, 2.05) is 41.3 Å². The van der Waals surface area contributed by atoms with Gasteiger partial charge in [0.15, 0.2) is 0 Å². The second kappa shape index (κ2) is 9.18.